The van der Waals surface area contributed by atoms with E-state index in [2.05, 4.69) is 10.1 Å². The molecule has 1 aromatic carbocycles. The summed E-state index contributed by atoms with van der Waals surface area (Å²) in [4.78, 5) is 19.6. The number of rotatable bonds is 3. The lowest BCUT2D eigenvalue weighted by Gasteiger charge is -2.29. The Kier molecular flexibility index (Phi) is 3.61. The monoisotopic (exact) mass is 344 g/mol. The lowest BCUT2D eigenvalue weighted by Crippen LogP contribution is -2.36. The smallest absolute Gasteiger partial charge is 0.274 e. The first-order valence-corrected chi connectivity index (χ1v) is 8.39. The summed E-state index contributed by atoms with van der Waals surface area (Å²) in [5.41, 5.74) is 4.39. The molecule has 2 aromatic heterocycles. The van der Waals surface area contributed by atoms with Gasteiger partial charge in [-0.2, -0.15) is 5.10 Å². The highest BCUT2D eigenvalue weighted by atomic mass is 32.1. The molecule has 7 nitrogen and oxygen atoms in total. The molecule has 0 unspecified atom stereocenters. The van der Waals surface area contributed by atoms with E-state index in [1.807, 2.05) is 12.1 Å². The van der Waals surface area contributed by atoms with Gasteiger partial charge in [-0.25, -0.2) is 9.50 Å². The molecule has 0 fully saturated rings. The van der Waals surface area contributed by atoms with Crippen LogP contribution in [0.2, 0.25) is 0 Å². The molecule has 0 atom stereocenters. The first kappa shape index (κ1) is 14.9. The van der Waals surface area contributed by atoms with E-state index in [1.165, 1.54) is 16.9 Å². The summed E-state index contributed by atoms with van der Waals surface area (Å²) in [7, 11) is 3.24. The number of methoxy groups -OCH3 is 2. The van der Waals surface area contributed by atoms with E-state index in [1.54, 1.807) is 35.3 Å². The Labute approximate surface area is 142 Å². The summed E-state index contributed by atoms with van der Waals surface area (Å²) in [6.07, 6.45) is 2.46. The Balaban J connectivity index is 1.61. The molecule has 1 amide bonds. The second-order valence-corrected chi connectivity index (χ2v) is 6.36. The average molecular weight is 344 g/mol. The highest BCUT2D eigenvalue weighted by Crippen LogP contribution is 2.33. The van der Waals surface area contributed by atoms with Crippen molar-refractivity contribution < 1.29 is 14.3 Å². The molecule has 0 N–H and O–H groups in total. The lowest BCUT2D eigenvalue weighted by atomic mass is 9.98. The van der Waals surface area contributed by atoms with Crippen molar-refractivity contribution in [2.45, 2.75) is 13.0 Å². The molecule has 0 radical (unpaired) electrons. The molecule has 24 heavy (non-hydrogen) atoms. The van der Waals surface area contributed by atoms with E-state index in [0.717, 1.165) is 22.7 Å². The van der Waals surface area contributed by atoms with Crippen LogP contribution in [0.5, 0.6) is 11.5 Å². The second-order valence-electron chi connectivity index (χ2n) is 5.54. The number of imidazole rings is 1. The van der Waals surface area contributed by atoms with Crippen molar-refractivity contribution in [2.24, 2.45) is 0 Å². The Morgan fingerprint density at radius 1 is 1.21 bits per heavy atom. The van der Waals surface area contributed by atoms with Gasteiger partial charge < -0.3 is 14.4 Å². The van der Waals surface area contributed by atoms with Crippen LogP contribution in [-0.2, 0) is 13.0 Å². The molecule has 4 rings (SSSR count). The Hall–Kier alpha value is -2.61. The number of benzene rings is 1. The molecule has 0 spiro atoms. The topological polar surface area (TPSA) is 69.0 Å². The largest absolute Gasteiger partial charge is 0.493 e. The number of nitrogens with zero attached hydrogens (tertiary/aromatic N) is 4. The van der Waals surface area contributed by atoms with E-state index in [-0.39, 0.29) is 5.91 Å². The minimum atomic E-state index is -0.0758. The maximum absolute atomic E-state index is 12.7. The summed E-state index contributed by atoms with van der Waals surface area (Å²) in [5.74, 6) is 1.32. The normalized spacial score (nSPS) is 13.8. The van der Waals surface area contributed by atoms with E-state index in [9.17, 15) is 4.79 Å². The third-order valence-corrected chi connectivity index (χ3v) is 4.90. The van der Waals surface area contributed by atoms with E-state index in [0.29, 0.717) is 24.5 Å². The van der Waals surface area contributed by atoms with Gasteiger partial charge in [-0.15, -0.1) is 0 Å². The van der Waals surface area contributed by atoms with Crippen molar-refractivity contribution >= 4 is 22.2 Å². The molecule has 0 aliphatic carbocycles. The van der Waals surface area contributed by atoms with Gasteiger partial charge in [0, 0.05) is 13.1 Å². The fourth-order valence-electron chi connectivity index (χ4n) is 2.96. The summed E-state index contributed by atoms with van der Waals surface area (Å²) in [6.45, 7) is 1.19. The number of hydrogen-bond acceptors (Lipinski definition) is 6. The predicted molar refractivity (Wildman–Crippen MR) is 88.9 cm³/mol. The van der Waals surface area contributed by atoms with Gasteiger partial charge in [-0.05, 0) is 29.7 Å². The van der Waals surface area contributed by atoms with Crippen LogP contribution < -0.4 is 9.47 Å². The maximum atomic E-state index is 12.7. The van der Waals surface area contributed by atoms with Crippen molar-refractivity contribution in [1.82, 2.24) is 19.5 Å². The van der Waals surface area contributed by atoms with Gasteiger partial charge in [-0.3, -0.25) is 4.79 Å². The van der Waals surface area contributed by atoms with Crippen LogP contribution in [0.1, 0.15) is 21.6 Å². The van der Waals surface area contributed by atoms with Gasteiger partial charge in [-0.1, -0.05) is 11.3 Å². The van der Waals surface area contributed by atoms with Crippen LogP contribution in [0.3, 0.4) is 0 Å². The third-order valence-electron chi connectivity index (χ3n) is 4.21. The maximum Gasteiger partial charge on any atom is 0.274 e. The lowest BCUT2D eigenvalue weighted by molar-refractivity contribution is 0.0729. The second kappa shape index (κ2) is 5.79. The van der Waals surface area contributed by atoms with E-state index in [4.69, 9.17) is 9.47 Å². The molecule has 1 aliphatic rings. The minimum absolute atomic E-state index is 0.0758. The number of carbonyl (C=O) groups excluding carboxylic acids is 1. The van der Waals surface area contributed by atoms with Crippen molar-refractivity contribution in [1.29, 1.82) is 0 Å². The zero-order chi connectivity index (χ0) is 16.7. The number of carbonyl (C=O) groups is 1. The number of amides is 1. The standard InChI is InChI=1S/C16H16N4O3S/c1-22-13-5-10-3-4-19(7-11(10)6-14(13)23-2)15(21)12-8-20-16(18-12)24-9-17-20/h5-6,8-9H,3-4,7H2,1-2H3. The molecule has 3 aromatic rings. The average Bonchev–Trinajstić information content (AvgIpc) is 3.21. The first-order chi connectivity index (χ1) is 11.7. The van der Waals surface area contributed by atoms with Gasteiger partial charge in [0.15, 0.2) is 11.5 Å². The van der Waals surface area contributed by atoms with Gasteiger partial charge in [0.05, 0.1) is 20.4 Å². The minimum Gasteiger partial charge on any atom is -0.493 e. The van der Waals surface area contributed by atoms with Crippen LogP contribution in [0.4, 0.5) is 0 Å². The summed E-state index contributed by atoms with van der Waals surface area (Å²) >= 11 is 1.41. The van der Waals surface area contributed by atoms with Gasteiger partial charge in [0.25, 0.3) is 5.91 Å². The quantitative estimate of drug-likeness (QED) is 0.727. The van der Waals surface area contributed by atoms with E-state index >= 15 is 0 Å². The molecule has 0 saturated carbocycles. The fraction of sp³-hybridized carbons (Fsp3) is 0.312. The van der Waals surface area contributed by atoms with Gasteiger partial charge >= 0.3 is 0 Å². The first-order valence-electron chi connectivity index (χ1n) is 7.51. The molecule has 1 aliphatic heterocycles. The number of ether oxygens (including phenoxy) is 2. The van der Waals surface area contributed by atoms with Gasteiger partial charge in [0.2, 0.25) is 4.96 Å². The van der Waals surface area contributed by atoms with Crippen molar-refractivity contribution in [3.05, 3.63) is 40.7 Å². The number of aromatic nitrogens is 3. The van der Waals surface area contributed by atoms with Gasteiger partial charge in [0.1, 0.15) is 11.2 Å². The van der Waals surface area contributed by atoms with Crippen molar-refractivity contribution in [3.8, 4) is 11.5 Å². The van der Waals surface area contributed by atoms with Crippen LogP contribution >= 0.6 is 11.3 Å². The molecular formula is C16H16N4O3S. The number of fused-ring (bicyclic) bond motifs is 2. The molecule has 0 saturated heterocycles. The molecule has 124 valence electrons. The SMILES string of the molecule is COc1cc2c(cc1OC)CN(C(=O)c1cn3ncsc3n1)CC2. The van der Waals surface area contributed by atoms with Crippen molar-refractivity contribution in [3.63, 3.8) is 0 Å². The zero-order valence-electron chi connectivity index (χ0n) is 13.4. The fourth-order valence-corrected chi connectivity index (χ4v) is 3.56. The van der Waals surface area contributed by atoms with Crippen LogP contribution in [-0.4, -0.2) is 46.2 Å². The Morgan fingerprint density at radius 3 is 2.67 bits per heavy atom. The zero-order valence-corrected chi connectivity index (χ0v) is 14.2. The van der Waals surface area contributed by atoms with Crippen LogP contribution in [0, 0.1) is 0 Å². The molecule has 0 bridgehead atoms. The number of hydrogen-bond donors (Lipinski definition) is 0. The Bertz CT molecular complexity index is 889. The summed E-state index contributed by atoms with van der Waals surface area (Å²) in [5, 5.41) is 4.12. The molecule has 3 heterocycles. The Morgan fingerprint density at radius 2 is 1.96 bits per heavy atom. The summed E-state index contributed by atoms with van der Waals surface area (Å²) < 4.78 is 12.3. The molecule has 8 heteroatoms. The van der Waals surface area contributed by atoms with Crippen LogP contribution in [0.15, 0.2) is 23.8 Å². The van der Waals surface area contributed by atoms with Crippen LogP contribution in [0.25, 0.3) is 4.96 Å². The predicted octanol–water partition coefficient (Wildman–Crippen LogP) is 2.01. The third kappa shape index (κ3) is 2.39. The highest BCUT2D eigenvalue weighted by Gasteiger charge is 2.25. The van der Waals surface area contributed by atoms with E-state index < -0.39 is 0 Å². The molecular weight excluding hydrogens is 328 g/mol. The highest BCUT2D eigenvalue weighted by molar-refractivity contribution is 7.14. The van der Waals surface area contributed by atoms with Crippen molar-refractivity contribution in [2.75, 3.05) is 20.8 Å². The summed E-state index contributed by atoms with van der Waals surface area (Å²) in [6, 6.07) is 3.94.